The Hall–Kier alpha value is -3.97. The SMILES string of the molecule is Cc1cc(C)cc(-c2[nH]c3ccc(C(C)(C)C(=O)N4CC5CCC4CC5)cc3c2[C@H](C)CNCCc2cnc3c(c2)ncn3C)c1. The fourth-order valence-electron chi connectivity index (χ4n) is 8.11. The Kier molecular flexibility index (Phi) is 8.00. The number of amides is 1. The Bertz CT molecular complexity index is 1890. The molecule has 240 valence electrons. The largest absolute Gasteiger partial charge is 0.354 e. The van der Waals surface area contributed by atoms with Gasteiger partial charge in [0.15, 0.2) is 5.65 Å². The Morgan fingerprint density at radius 2 is 1.80 bits per heavy atom. The number of rotatable bonds is 9. The number of hydrogen-bond donors (Lipinski definition) is 2. The van der Waals surface area contributed by atoms with Gasteiger partial charge in [0.25, 0.3) is 0 Å². The van der Waals surface area contributed by atoms with E-state index in [9.17, 15) is 4.79 Å². The molecule has 2 saturated heterocycles. The summed E-state index contributed by atoms with van der Waals surface area (Å²) in [6, 6.07) is 16.0. The number of nitrogens with zero attached hydrogens (tertiary/aromatic N) is 4. The van der Waals surface area contributed by atoms with E-state index in [-0.39, 0.29) is 11.8 Å². The molecular weight excluding hydrogens is 568 g/mol. The van der Waals surface area contributed by atoms with Crippen LogP contribution in [0.3, 0.4) is 0 Å². The van der Waals surface area contributed by atoms with Crippen molar-refractivity contribution in [2.24, 2.45) is 13.0 Å². The van der Waals surface area contributed by atoms with Gasteiger partial charge in [-0.1, -0.05) is 30.2 Å². The van der Waals surface area contributed by atoms with E-state index >= 15 is 0 Å². The van der Waals surface area contributed by atoms with Crippen LogP contribution < -0.4 is 5.32 Å². The van der Waals surface area contributed by atoms with Crippen molar-refractivity contribution in [3.05, 3.63) is 82.8 Å². The van der Waals surface area contributed by atoms with E-state index in [2.05, 4.69) is 102 Å². The first-order chi connectivity index (χ1) is 22.1. The van der Waals surface area contributed by atoms with E-state index in [4.69, 9.17) is 0 Å². The summed E-state index contributed by atoms with van der Waals surface area (Å²) in [4.78, 5) is 29.2. The number of imidazole rings is 1. The van der Waals surface area contributed by atoms with Crippen molar-refractivity contribution in [1.29, 1.82) is 0 Å². The maximum absolute atomic E-state index is 14.1. The molecule has 2 aliphatic heterocycles. The van der Waals surface area contributed by atoms with Crippen molar-refractivity contribution in [2.75, 3.05) is 19.6 Å². The monoisotopic (exact) mass is 616 g/mol. The van der Waals surface area contributed by atoms with Crippen LogP contribution in [0, 0.1) is 19.8 Å². The number of aromatic nitrogens is 4. The minimum atomic E-state index is -0.593. The highest BCUT2D eigenvalue weighted by Gasteiger charge is 2.42. The van der Waals surface area contributed by atoms with Crippen LogP contribution in [-0.2, 0) is 23.7 Å². The molecule has 3 aliphatic rings. The van der Waals surface area contributed by atoms with Crippen molar-refractivity contribution in [2.45, 2.75) is 84.1 Å². The smallest absolute Gasteiger partial charge is 0.232 e. The fourth-order valence-corrected chi connectivity index (χ4v) is 8.11. The summed E-state index contributed by atoms with van der Waals surface area (Å²) in [6.07, 6.45) is 9.54. The predicted octanol–water partition coefficient (Wildman–Crippen LogP) is 7.35. The second-order valence-electron chi connectivity index (χ2n) is 14.7. The third kappa shape index (κ3) is 5.63. The Morgan fingerprint density at radius 1 is 1.04 bits per heavy atom. The van der Waals surface area contributed by atoms with E-state index < -0.39 is 5.41 Å². The molecule has 1 saturated carbocycles. The fraction of sp³-hybridized carbons (Fsp3) is 0.462. The molecule has 0 unspecified atom stereocenters. The lowest BCUT2D eigenvalue weighted by molar-refractivity contribution is -0.144. The third-order valence-corrected chi connectivity index (χ3v) is 10.7. The van der Waals surface area contributed by atoms with E-state index in [0.29, 0.717) is 12.0 Å². The predicted molar refractivity (Wildman–Crippen MR) is 187 cm³/mol. The van der Waals surface area contributed by atoms with Gasteiger partial charge < -0.3 is 19.8 Å². The normalized spacial score (nSPS) is 19.0. The van der Waals surface area contributed by atoms with Crippen LogP contribution >= 0.6 is 0 Å². The number of carbonyl (C=O) groups excluding carboxylic acids is 1. The number of aromatic amines is 1. The Labute approximate surface area is 272 Å². The Balaban J connectivity index is 1.17. The van der Waals surface area contributed by atoms with Crippen LogP contribution in [0.5, 0.6) is 0 Å². The third-order valence-electron chi connectivity index (χ3n) is 10.7. The van der Waals surface area contributed by atoms with Crippen molar-refractivity contribution in [1.82, 2.24) is 29.7 Å². The number of fused-ring (bicyclic) bond motifs is 5. The summed E-state index contributed by atoms with van der Waals surface area (Å²) in [6.45, 7) is 13.5. The lowest BCUT2D eigenvalue weighted by Crippen LogP contribution is -2.55. The van der Waals surface area contributed by atoms with Crippen molar-refractivity contribution >= 4 is 28.0 Å². The summed E-state index contributed by atoms with van der Waals surface area (Å²) in [5, 5.41) is 4.95. The summed E-state index contributed by atoms with van der Waals surface area (Å²) < 4.78 is 1.95. The zero-order valence-electron chi connectivity index (χ0n) is 28.3. The zero-order valence-corrected chi connectivity index (χ0v) is 28.3. The average molecular weight is 617 g/mol. The first-order valence-electron chi connectivity index (χ1n) is 17.1. The van der Waals surface area contributed by atoms with Crippen LogP contribution in [0.4, 0.5) is 0 Å². The summed E-state index contributed by atoms with van der Waals surface area (Å²) >= 11 is 0. The van der Waals surface area contributed by atoms with Gasteiger partial charge in [0.1, 0.15) is 5.52 Å². The highest BCUT2D eigenvalue weighted by atomic mass is 16.2. The Morgan fingerprint density at radius 3 is 2.52 bits per heavy atom. The molecule has 2 aromatic carbocycles. The number of carbonyl (C=O) groups is 1. The van der Waals surface area contributed by atoms with Crippen molar-refractivity contribution in [3.8, 4) is 11.3 Å². The topological polar surface area (TPSA) is 78.8 Å². The van der Waals surface area contributed by atoms with Crippen molar-refractivity contribution < 1.29 is 4.79 Å². The molecule has 5 aromatic rings. The molecule has 1 aliphatic carbocycles. The lowest BCUT2D eigenvalue weighted by atomic mass is 9.76. The first-order valence-corrected chi connectivity index (χ1v) is 17.1. The number of aryl methyl sites for hydroxylation is 3. The second-order valence-corrected chi connectivity index (χ2v) is 14.7. The van der Waals surface area contributed by atoms with Gasteiger partial charge in [0.05, 0.1) is 17.4 Å². The summed E-state index contributed by atoms with van der Waals surface area (Å²) in [5.74, 6) is 1.19. The molecule has 1 amide bonds. The molecule has 46 heavy (non-hydrogen) atoms. The van der Waals surface area contributed by atoms with Crippen LogP contribution in [0.25, 0.3) is 33.3 Å². The molecule has 3 fully saturated rings. The standard InChI is InChI=1S/C39H48N6O/c1-24-15-25(2)17-29(16-24)36-35(26(3)20-40-14-13-28-18-34-37(41-21-28)44(6)23-42-34)32-19-30(9-12-33(32)43-36)39(4,5)38(46)45-22-27-7-10-31(45)11-8-27/h9,12,15-19,21,23,26-27,31,40,43H,7-8,10-11,13-14,20,22H2,1-6H3/t26-,27?,31?/m1/s1. The van der Waals surface area contributed by atoms with Gasteiger partial charge in [-0.05, 0) is 131 Å². The average Bonchev–Trinajstić information content (AvgIpc) is 3.62. The zero-order chi connectivity index (χ0) is 32.2. The van der Waals surface area contributed by atoms with Gasteiger partial charge in [0, 0.05) is 43.3 Å². The molecule has 8 rings (SSSR count). The molecular formula is C39H48N6O. The van der Waals surface area contributed by atoms with Crippen LogP contribution in [-0.4, -0.2) is 56.0 Å². The maximum atomic E-state index is 14.1. The molecule has 1 atom stereocenters. The van der Waals surface area contributed by atoms with Crippen molar-refractivity contribution in [3.63, 3.8) is 0 Å². The second kappa shape index (κ2) is 12.0. The summed E-state index contributed by atoms with van der Waals surface area (Å²) in [7, 11) is 1.97. The number of hydrogen-bond acceptors (Lipinski definition) is 4. The van der Waals surface area contributed by atoms with E-state index in [0.717, 1.165) is 61.1 Å². The van der Waals surface area contributed by atoms with Crippen LogP contribution in [0.15, 0.2) is 55.0 Å². The molecule has 5 heterocycles. The molecule has 2 bridgehead atoms. The van der Waals surface area contributed by atoms with Gasteiger partial charge in [-0.3, -0.25) is 4.79 Å². The lowest BCUT2D eigenvalue weighted by Gasteiger charge is -2.47. The molecule has 3 aromatic heterocycles. The quantitative estimate of drug-likeness (QED) is 0.170. The maximum Gasteiger partial charge on any atom is 0.232 e. The molecule has 2 N–H and O–H groups in total. The van der Waals surface area contributed by atoms with Crippen LogP contribution in [0.2, 0.25) is 0 Å². The number of benzene rings is 2. The van der Waals surface area contributed by atoms with Gasteiger partial charge >= 0.3 is 0 Å². The van der Waals surface area contributed by atoms with E-state index in [1.807, 2.05) is 24.1 Å². The molecule has 0 spiro atoms. The van der Waals surface area contributed by atoms with E-state index in [1.165, 1.54) is 51.7 Å². The molecule has 7 heteroatoms. The van der Waals surface area contributed by atoms with Crippen LogP contribution in [0.1, 0.15) is 80.2 Å². The minimum Gasteiger partial charge on any atom is -0.354 e. The van der Waals surface area contributed by atoms with Gasteiger partial charge in [-0.15, -0.1) is 0 Å². The number of piperidine rings is 2. The summed E-state index contributed by atoms with van der Waals surface area (Å²) in [5.41, 5.74) is 10.9. The first kappa shape index (κ1) is 30.7. The van der Waals surface area contributed by atoms with Gasteiger partial charge in [-0.2, -0.15) is 0 Å². The highest BCUT2D eigenvalue weighted by molar-refractivity contribution is 5.94. The molecule has 7 nitrogen and oxygen atoms in total. The number of H-pyrrole nitrogens is 1. The van der Waals surface area contributed by atoms with Gasteiger partial charge in [-0.25, -0.2) is 9.97 Å². The number of pyridine rings is 1. The number of nitrogens with one attached hydrogen (secondary N) is 2. The minimum absolute atomic E-state index is 0.243. The highest BCUT2D eigenvalue weighted by Crippen LogP contribution is 2.41. The van der Waals surface area contributed by atoms with E-state index in [1.54, 1.807) is 0 Å². The molecule has 0 radical (unpaired) electrons. The van der Waals surface area contributed by atoms with Gasteiger partial charge in [0.2, 0.25) is 5.91 Å².